The molecule has 0 heterocycles. The maximum absolute atomic E-state index is 8.93. The lowest BCUT2D eigenvalue weighted by Crippen LogP contribution is -2.42. The molecule has 8 heteroatoms. The summed E-state index contributed by atoms with van der Waals surface area (Å²) in [6.45, 7) is 0. The number of hydrogen-bond donors (Lipinski definition) is 2. The Kier molecular flexibility index (Phi) is 9.72. The summed E-state index contributed by atoms with van der Waals surface area (Å²) in [5.41, 5.74) is 15.0. The van der Waals surface area contributed by atoms with Crippen LogP contribution in [-0.4, -0.2) is 40.1 Å². The van der Waals surface area contributed by atoms with Crippen molar-refractivity contribution in [1.29, 1.82) is 0 Å². The zero-order valence-corrected chi connectivity index (χ0v) is 15.3. The molecular weight excluding hydrogens is 336 g/mol. The number of anilines is 4. The van der Waals surface area contributed by atoms with Gasteiger partial charge in [-0.25, -0.2) is 0 Å². The van der Waals surface area contributed by atoms with Gasteiger partial charge in [-0.05, 0) is 48.5 Å². The maximum atomic E-state index is 8.93. The highest BCUT2D eigenvalue weighted by molar-refractivity contribution is 6.25. The highest BCUT2D eigenvalue weighted by Gasteiger charge is 1.92. The summed E-state index contributed by atoms with van der Waals surface area (Å²) in [7, 11) is 8.02. The SMILES string of the molecule is CN(C)c1ccc(N)cc1.CN(C)c1ccc(N)cc1.O=C([O-])C(=O)[O-]. The van der Waals surface area contributed by atoms with Crippen LogP contribution in [0.4, 0.5) is 22.7 Å². The third-order valence-electron chi connectivity index (χ3n) is 2.99. The first-order valence-corrected chi connectivity index (χ1v) is 7.52. The maximum Gasteiger partial charge on any atom is 0.0870 e. The Labute approximate surface area is 153 Å². The molecule has 0 aliphatic carbocycles. The van der Waals surface area contributed by atoms with Crippen molar-refractivity contribution < 1.29 is 19.8 Å². The van der Waals surface area contributed by atoms with Crippen LogP contribution in [0.1, 0.15) is 0 Å². The Bertz CT molecular complexity index is 622. The van der Waals surface area contributed by atoms with Crippen LogP contribution in [0.5, 0.6) is 0 Å². The van der Waals surface area contributed by atoms with Crippen molar-refractivity contribution in [2.45, 2.75) is 0 Å². The first-order valence-electron chi connectivity index (χ1n) is 7.52. The molecule has 2 aromatic rings. The number of carbonyl (C=O) groups is 2. The number of nitrogens with zero attached hydrogens (tertiary/aromatic N) is 2. The number of rotatable bonds is 2. The molecule has 8 nitrogen and oxygen atoms in total. The van der Waals surface area contributed by atoms with Gasteiger partial charge in [-0.15, -0.1) is 0 Å². The van der Waals surface area contributed by atoms with Crippen molar-refractivity contribution >= 4 is 34.7 Å². The molecule has 2 aromatic carbocycles. The quantitative estimate of drug-likeness (QED) is 0.522. The molecule has 0 fully saturated rings. The number of carboxylic acid groups (broad SMARTS) is 2. The van der Waals surface area contributed by atoms with Crippen LogP contribution in [0, 0.1) is 0 Å². The van der Waals surface area contributed by atoms with E-state index < -0.39 is 11.9 Å². The Balaban J connectivity index is 0.000000375. The van der Waals surface area contributed by atoms with Gasteiger partial charge >= 0.3 is 0 Å². The van der Waals surface area contributed by atoms with E-state index in [2.05, 4.69) is 0 Å². The summed E-state index contributed by atoms with van der Waals surface area (Å²) < 4.78 is 0. The molecule has 142 valence electrons. The molecule has 0 aromatic heterocycles. The fraction of sp³-hybridized carbons (Fsp3) is 0.222. The number of carboxylic acids is 2. The molecule has 0 amide bonds. The van der Waals surface area contributed by atoms with E-state index >= 15 is 0 Å². The number of benzene rings is 2. The molecular formula is C18H24N4O4-2. The third-order valence-corrected chi connectivity index (χ3v) is 2.99. The fourth-order valence-corrected chi connectivity index (χ4v) is 1.54. The molecule has 26 heavy (non-hydrogen) atoms. The number of carbonyl (C=O) groups excluding carboxylic acids is 2. The smallest absolute Gasteiger partial charge is 0.0870 e. The van der Waals surface area contributed by atoms with E-state index in [9.17, 15) is 0 Å². The Morgan fingerprint density at radius 3 is 1.04 bits per heavy atom. The fourth-order valence-electron chi connectivity index (χ4n) is 1.54. The van der Waals surface area contributed by atoms with E-state index in [4.69, 9.17) is 31.3 Å². The zero-order chi connectivity index (χ0) is 20.3. The van der Waals surface area contributed by atoms with Crippen LogP contribution >= 0.6 is 0 Å². The van der Waals surface area contributed by atoms with Crippen molar-refractivity contribution in [3.63, 3.8) is 0 Å². The van der Waals surface area contributed by atoms with Gasteiger partial charge < -0.3 is 41.1 Å². The van der Waals surface area contributed by atoms with Gasteiger partial charge in [0.15, 0.2) is 0 Å². The second kappa shape index (κ2) is 11.2. The van der Waals surface area contributed by atoms with E-state index in [1.165, 1.54) is 11.4 Å². The van der Waals surface area contributed by atoms with Crippen molar-refractivity contribution in [2.24, 2.45) is 0 Å². The number of aliphatic carboxylic acids is 2. The topological polar surface area (TPSA) is 139 Å². The van der Waals surface area contributed by atoms with Gasteiger partial charge in [-0.2, -0.15) is 0 Å². The number of hydrogen-bond acceptors (Lipinski definition) is 8. The van der Waals surface area contributed by atoms with Crippen LogP contribution < -0.4 is 31.5 Å². The summed E-state index contributed by atoms with van der Waals surface area (Å²) in [6, 6.07) is 15.6. The van der Waals surface area contributed by atoms with Crippen molar-refractivity contribution in [1.82, 2.24) is 0 Å². The van der Waals surface area contributed by atoms with E-state index in [-0.39, 0.29) is 0 Å². The minimum absolute atomic E-state index is 0.811. The summed E-state index contributed by atoms with van der Waals surface area (Å²) in [5.74, 6) is -4.37. The first-order chi connectivity index (χ1) is 12.0. The monoisotopic (exact) mass is 360 g/mol. The summed E-state index contributed by atoms with van der Waals surface area (Å²) in [6.07, 6.45) is 0. The van der Waals surface area contributed by atoms with Gasteiger partial charge in [-0.3, -0.25) is 0 Å². The molecule has 0 atom stereocenters. The van der Waals surface area contributed by atoms with Crippen molar-refractivity contribution in [3.8, 4) is 0 Å². The first kappa shape index (κ1) is 22.6. The lowest BCUT2D eigenvalue weighted by atomic mass is 10.3. The Morgan fingerprint density at radius 2 is 0.885 bits per heavy atom. The number of nitrogens with two attached hydrogens (primary N) is 2. The van der Waals surface area contributed by atoms with Crippen LogP contribution in [0.3, 0.4) is 0 Å². The second-order valence-electron chi connectivity index (χ2n) is 5.55. The minimum Gasteiger partial charge on any atom is -0.543 e. The molecule has 0 radical (unpaired) electrons. The largest absolute Gasteiger partial charge is 0.543 e. The minimum atomic E-state index is -2.19. The number of nitrogen functional groups attached to an aromatic ring is 2. The molecule has 4 N–H and O–H groups in total. The van der Waals surface area contributed by atoms with Gasteiger partial charge in [0.25, 0.3) is 0 Å². The van der Waals surface area contributed by atoms with E-state index in [0.717, 1.165) is 11.4 Å². The van der Waals surface area contributed by atoms with Crippen LogP contribution in [-0.2, 0) is 9.59 Å². The van der Waals surface area contributed by atoms with E-state index in [0.29, 0.717) is 0 Å². The summed E-state index contributed by atoms with van der Waals surface area (Å²) in [4.78, 5) is 21.9. The Hall–Kier alpha value is -3.42. The van der Waals surface area contributed by atoms with E-state index in [1.807, 2.05) is 86.5 Å². The average Bonchev–Trinajstić information content (AvgIpc) is 2.56. The van der Waals surface area contributed by atoms with Gasteiger partial charge in [0.2, 0.25) is 0 Å². The lowest BCUT2D eigenvalue weighted by molar-refractivity contribution is -0.345. The van der Waals surface area contributed by atoms with Gasteiger partial charge in [-0.1, -0.05) is 0 Å². The molecule has 2 rings (SSSR count). The third kappa shape index (κ3) is 9.66. The van der Waals surface area contributed by atoms with Gasteiger partial charge in [0.05, 0.1) is 11.9 Å². The average molecular weight is 360 g/mol. The normalized spacial score (nSPS) is 8.92. The molecule has 0 aliphatic heterocycles. The highest BCUT2D eigenvalue weighted by atomic mass is 16.4. The zero-order valence-electron chi connectivity index (χ0n) is 15.3. The van der Waals surface area contributed by atoms with Gasteiger partial charge in [0.1, 0.15) is 0 Å². The predicted octanol–water partition coefficient (Wildman–Crippen LogP) is -0.844. The molecule has 0 unspecified atom stereocenters. The van der Waals surface area contributed by atoms with Crippen molar-refractivity contribution in [3.05, 3.63) is 48.5 Å². The Morgan fingerprint density at radius 1 is 0.654 bits per heavy atom. The van der Waals surface area contributed by atoms with Crippen LogP contribution in [0.15, 0.2) is 48.5 Å². The van der Waals surface area contributed by atoms with Gasteiger partial charge in [0, 0.05) is 50.9 Å². The molecule has 0 bridgehead atoms. The molecule has 0 saturated heterocycles. The summed E-state index contributed by atoms with van der Waals surface area (Å²) >= 11 is 0. The highest BCUT2D eigenvalue weighted by Crippen LogP contribution is 2.13. The lowest BCUT2D eigenvalue weighted by Gasteiger charge is -2.11. The summed E-state index contributed by atoms with van der Waals surface area (Å²) in [5, 5.41) is 17.9. The van der Waals surface area contributed by atoms with E-state index in [1.54, 1.807) is 0 Å². The van der Waals surface area contributed by atoms with Crippen LogP contribution in [0.2, 0.25) is 0 Å². The van der Waals surface area contributed by atoms with Crippen LogP contribution in [0.25, 0.3) is 0 Å². The molecule has 0 aliphatic rings. The van der Waals surface area contributed by atoms with Crippen molar-refractivity contribution in [2.75, 3.05) is 49.5 Å². The predicted molar refractivity (Wildman–Crippen MR) is 100 cm³/mol. The molecule has 0 spiro atoms. The molecule has 0 saturated carbocycles. The second-order valence-corrected chi connectivity index (χ2v) is 5.55. The standard InChI is InChI=1S/2C8H12N2.C2H2O4/c2*1-10(2)8-5-3-7(9)4-6-8;3-1(4)2(5)6/h2*3-6H,9H2,1-2H3;(H,3,4)(H,5,6)/p-2.